The van der Waals surface area contributed by atoms with Crippen LogP contribution in [-0.4, -0.2) is 29.1 Å². The number of carbonyl (C=O) groups is 2. The Morgan fingerprint density at radius 3 is 2.45 bits per heavy atom. The first kappa shape index (κ1) is 25.2. The highest BCUT2D eigenvalue weighted by molar-refractivity contribution is 5.92. The number of esters is 1. The van der Waals surface area contributed by atoms with Crippen LogP contribution in [0, 0.1) is 52.3 Å². The molecule has 0 spiro atoms. The van der Waals surface area contributed by atoms with Crippen molar-refractivity contribution < 1.29 is 19.4 Å². The Morgan fingerprint density at radius 1 is 1.06 bits per heavy atom. The molecule has 4 heteroatoms. The van der Waals surface area contributed by atoms with Crippen molar-refractivity contribution in [2.45, 2.75) is 118 Å². The van der Waals surface area contributed by atoms with Crippen molar-refractivity contribution >= 4 is 11.8 Å². The summed E-state index contributed by atoms with van der Waals surface area (Å²) in [5, 5.41) is 10.6. The highest BCUT2D eigenvalue weighted by Crippen LogP contribution is 2.68. The molecule has 0 aromatic rings. The van der Waals surface area contributed by atoms with E-state index in [2.05, 4.69) is 34.6 Å². The molecule has 4 saturated carbocycles. The number of Topliss-reactive ketones (excluding diaryl/α,β-unsaturated/α-hetero) is 1. The number of ketones is 1. The monoisotopic (exact) mass is 460 g/mol. The van der Waals surface area contributed by atoms with Gasteiger partial charge in [-0.15, -0.1) is 0 Å². The lowest BCUT2D eigenvalue weighted by Gasteiger charge is -2.60. The Bertz CT molecular complexity index is 746. The predicted octanol–water partition coefficient (Wildman–Crippen LogP) is 6.19. The van der Waals surface area contributed by atoms with Crippen LogP contribution in [0.25, 0.3) is 0 Å². The fourth-order valence-electron chi connectivity index (χ4n) is 9.41. The number of ether oxygens (including phenoxy) is 1. The number of hydrogen-bond acceptors (Lipinski definition) is 4. The molecule has 0 aromatic heterocycles. The number of hydrogen-bond donors (Lipinski definition) is 1. The van der Waals surface area contributed by atoms with E-state index in [0.717, 1.165) is 30.6 Å². The average molecular weight is 461 g/mol. The largest absolute Gasteiger partial charge is 0.452 e. The van der Waals surface area contributed by atoms with Crippen LogP contribution in [0.5, 0.6) is 0 Å². The third kappa shape index (κ3) is 4.21. The summed E-state index contributed by atoms with van der Waals surface area (Å²) in [5.41, 5.74) is -0.0707. The summed E-state index contributed by atoms with van der Waals surface area (Å²) in [6, 6.07) is 0. The molecule has 188 valence electrons. The van der Waals surface area contributed by atoms with E-state index >= 15 is 0 Å². The van der Waals surface area contributed by atoms with Crippen LogP contribution in [0.1, 0.15) is 106 Å². The Labute approximate surface area is 201 Å². The summed E-state index contributed by atoms with van der Waals surface area (Å²) in [7, 11) is 0. The van der Waals surface area contributed by atoms with Crippen molar-refractivity contribution in [2.75, 3.05) is 0 Å². The van der Waals surface area contributed by atoms with Gasteiger partial charge in [-0.05, 0) is 91.8 Å². The molecule has 0 aromatic carbocycles. The maximum absolute atomic E-state index is 13.8. The summed E-state index contributed by atoms with van der Waals surface area (Å²) in [5.74, 6) is 3.78. The van der Waals surface area contributed by atoms with Crippen LogP contribution in [-0.2, 0) is 14.3 Å². The van der Waals surface area contributed by atoms with Crippen molar-refractivity contribution in [1.29, 1.82) is 0 Å². The Hall–Kier alpha value is -0.900. The van der Waals surface area contributed by atoms with Gasteiger partial charge in [0.25, 0.3) is 0 Å². The lowest BCUT2D eigenvalue weighted by atomic mass is 9.43. The van der Waals surface area contributed by atoms with Crippen LogP contribution in [0.2, 0.25) is 0 Å². The predicted molar refractivity (Wildman–Crippen MR) is 130 cm³/mol. The molecule has 10 atom stereocenters. The Kier molecular flexibility index (Phi) is 7.09. The van der Waals surface area contributed by atoms with Crippen LogP contribution in [0.3, 0.4) is 0 Å². The van der Waals surface area contributed by atoms with E-state index in [4.69, 9.17) is 4.74 Å². The van der Waals surface area contributed by atoms with Gasteiger partial charge in [0, 0.05) is 12.3 Å². The van der Waals surface area contributed by atoms with E-state index in [-0.39, 0.29) is 11.7 Å². The highest BCUT2D eigenvalue weighted by atomic mass is 16.6. The third-order valence-corrected chi connectivity index (χ3v) is 11.1. The molecule has 0 radical (unpaired) electrons. The topological polar surface area (TPSA) is 63.6 Å². The molecule has 4 aliphatic rings. The zero-order valence-corrected chi connectivity index (χ0v) is 21.9. The first-order valence-electron chi connectivity index (χ1n) is 13.9. The van der Waals surface area contributed by atoms with E-state index < -0.39 is 23.6 Å². The number of rotatable bonds is 6. The molecule has 4 aliphatic carbocycles. The first-order valence-corrected chi connectivity index (χ1v) is 13.9. The molecule has 4 fully saturated rings. The molecule has 0 bridgehead atoms. The highest BCUT2D eigenvalue weighted by Gasteiger charge is 2.64. The van der Waals surface area contributed by atoms with E-state index in [1.807, 2.05) is 0 Å². The van der Waals surface area contributed by atoms with Gasteiger partial charge in [-0.3, -0.25) is 9.59 Å². The van der Waals surface area contributed by atoms with Crippen molar-refractivity contribution in [3.63, 3.8) is 0 Å². The van der Waals surface area contributed by atoms with Crippen molar-refractivity contribution in [2.24, 2.45) is 52.3 Å². The Morgan fingerprint density at radius 2 is 1.79 bits per heavy atom. The minimum absolute atomic E-state index is 0.00338. The Balaban J connectivity index is 1.53. The molecule has 0 aliphatic heterocycles. The standard InChI is InChI=1S/C29H48O4/c1-17(2)8-7-9-18(3)22-12-13-23-21-11-10-20-16-25(31)26(33-19(4)30)27(32)29(20,6)24(21)14-15-28(22,23)5/h17-18,20-26,31H,7-16H2,1-6H3/t18-,20-,21-,22-,23+,24+,25+,26?,28-,29+/m1/s1. The summed E-state index contributed by atoms with van der Waals surface area (Å²) >= 11 is 0. The number of aliphatic hydroxyl groups excluding tert-OH is 1. The van der Waals surface area contributed by atoms with Gasteiger partial charge in [-0.1, -0.05) is 53.9 Å². The summed E-state index contributed by atoms with van der Waals surface area (Å²) in [6.45, 7) is 13.2. The lowest BCUT2D eigenvalue weighted by molar-refractivity contribution is -0.189. The summed E-state index contributed by atoms with van der Waals surface area (Å²) < 4.78 is 5.38. The van der Waals surface area contributed by atoms with E-state index in [0.29, 0.717) is 29.6 Å². The smallest absolute Gasteiger partial charge is 0.303 e. The minimum atomic E-state index is -0.979. The molecule has 4 nitrogen and oxygen atoms in total. The van der Waals surface area contributed by atoms with Gasteiger partial charge in [-0.25, -0.2) is 0 Å². The average Bonchev–Trinajstić information content (AvgIpc) is 3.09. The second-order valence-corrected chi connectivity index (χ2v) is 13.2. The number of fused-ring (bicyclic) bond motifs is 5. The van der Waals surface area contributed by atoms with Crippen molar-refractivity contribution in [3.8, 4) is 0 Å². The quantitative estimate of drug-likeness (QED) is 0.480. The molecule has 0 saturated heterocycles. The van der Waals surface area contributed by atoms with Gasteiger partial charge in [-0.2, -0.15) is 0 Å². The SMILES string of the molecule is CC(=O)OC1C(=O)[C@@]2(C)[C@H](CC[C@@H]3[C@@H]4CC[C@H]([C@H](C)CCCC(C)C)[C@@]4(C)CC[C@@H]32)C[C@@H]1O. The number of aliphatic hydroxyl groups is 1. The van der Waals surface area contributed by atoms with Gasteiger partial charge in [0.1, 0.15) is 0 Å². The first-order chi connectivity index (χ1) is 15.5. The van der Waals surface area contributed by atoms with Crippen molar-refractivity contribution in [3.05, 3.63) is 0 Å². The van der Waals surface area contributed by atoms with Crippen LogP contribution in [0.4, 0.5) is 0 Å². The number of carbonyl (C=O) groups excluding carboxylic acids is 2. The molecule has 0 heterocycles. The molecule has 33 heavy (non-hydrogen) atoms. The third-order valence-electron chi connectivity index (χ3n) is 11.1. The normalized spacial score (nSPS) is 45.8. The molecular formula is C29H48O4. The van der Waals surface area contributed by atoms with E-state index in [9.17, 15) is 14.7 Å². The second kappa shape index (κ2) is 9.28. The van der Waals surface area contributed by atoms with Crippen LogP contribution < -0.4 is 0 Å². The second-order valence-electron chi connectivity index (χ2n) is 13.2. The van der Waals surface area contributed by atoms with Gasteiger partial charge in [0.15, 0.2) is 11.9 Å². The molecule has 4 rings (SSSR count). The fraction of sp³-hybridized carbons (Fsp3) is 0.931. The maximum atomic E-state index is 13.8. The molecule has 1 N–H and O–H groups in total. The molecular weight excluding hydrogens is 412 g/mol. The van der Waals surface area contributed by atoms with E-state index in [1.165, 1.54) is 51.9 Å². The van der Waals surface area contributed by atoms with Gasteiger partial charge in [0.2, 0.25) is 0 Å². The van der Waals surface area contributed by atoms with Crippen molar-refractivity contribution in [1.82, 2.24) is 0 Å². The van der Waals surface area contributed by atoms with E-state index in [1.54, 1.807) is 0 Å². The minimum Gasteiger partial charge on any atom is -0.452 e. The zero-order valence-electron chi connectivity index (χ0n) is 21.9. The van der Waals surface area contributed by atoms with Gasteiger partial charge in [0.05, 0.1) is 6.10 Å². The molecule has 0 amide bonds. The lowest BCUT2D eigenvalue weighted by Crippen LogP contribution is -2.62. The van der Waals surface area contributed by atoms with Gasteiger partial charge >= 0.3 is 5.97 Å². The van der Waals surface area contributed by atoms with Gasteiger partial charge < -0.3 is 9.84 Å². The fourth-order valence-corrected chi connectivity index (χ4v) is 9.41. The van der Waals surface area contributed by atoms with Crippen LogP contribution in [0.15, 0.2) is 0 Å². The summed E-state index contributed by atoms with van der Waals surface area (Å²) in [6.07, 6.45) is 9.96. The maximum Gasteiger partial charge on any atom is 0.303 e. The van der Waals surface area contributed by atoms with Crippen LogP contribution >= 0.6 is 0 Å². The summed E-state index contributed by atoms with van der Waals surface area (Å²) in [4.78, 5) is 25.4. The molecule has 1 unspecified atom stereocenters. The zero-order chi connectivity index (χ0) is 24.1.